The van der Waals surface area contributed by atoms with Crippen LogP contribution in [0.4, 0.5) is 5.82 Å². The average molecular weight is 273 g/mol. The van der Waals surface area contributed by atoms with Gasteiger partial charge in [-0.3, -0.25) is 19.3 Å². The van der Waals surface area contributed by atoms with Crippen molar-refractivity contribution in [3.63, 3.8) is 0 Å². The van der Waals surface area contributed by atoms with E-state index in [0.29, 0.717) is 12.0 Å². The van der Waals surface area contributed by atoms with Crippen LogP contribution in [0.2, 0.25) is 0 Å². The van der Waals surface area contributed by atoms with E-state index in [0.717, 1.165) is 5.56 Å². The summed E-state index contributed by atoms with van der Waals surface area (Å²) in [7, 11) is 1.64. The van der Waals surface area contributed by atoms with Crippen LogP contribution >= 0.6 is 0 Å². The molecule has 0 fully saturated rings. The molecule has 0 aromatic carbocycles. The lowest BCUT2D eigenvalue weighted by atomic mass is 10.1. The van der Waals surface area contributed by atoms with E-state index < -0.39 is 5.91 Å². The Morgan fingerprint density at radius 2 is 2.15 bits per heavy atom. The van der Waals surface area contributed by atoms with Crippen LogP contribution < -0.4 is 11.1 Å². The van der Waals surface area contributed by atoms with Gasteiger partial charge in [0, 0.05) is 31.2 Å². The first-order valence-electron chi connectivity index (χ1n) is 6.10. The fourth-order valence-corrected chi connectivity index (χ4v) is 1.87. The lowest BCUT2D eigenvalue weighted by Crippen LogP contribution is -2.18. The second kappa shape index (κ2) is 5.52. The lowest BCUT2D eigenvalue weighted by molar-refractivity contribution is 0.100. The molecule has 3 N–H and O–H groups in total. The molecule has 2 rings (SSSR count). The summed E-state index contributed by atoms with van der Waals surface area (Å²) in [5.74, 6) is -0.826. The molecule has 7 nitrogen and oxygen atoms in total. The van der Waals surface area contributed by atoms with Crippen molar-refractivity contribution in [2.45, 2.75) is 13.3 Å². The molecule has 2 heterocycles. The highest BCUT2D eigenvalue weighted by Gasteiger charge is 2.17. The number of carbonyl (C=O) groups excluding carboxylic acids is 2. The topological polar surface area (TPSA) is 103 Å². The summed E-state index contributed by atoms with van der Waals surface area (Å²) >= 11 is 0. The number of hydrogen-bond donors (Lipinski definition) is 2. The van der Waals surface area contributed by atoms with Gasteiger partial charge >= 0.3 is 0 Å². The van der Waals surface area contributed by atoms with Crippen LogP contribution in [0.1, 0.15) is 33.2 Å². The number of carbonyl (C=O) groups is 2. The highest BCUT2D eigenvalue weighted by molar-refractivity contribution is 6.08. The minimum atomic E-state index is -0.640. The minimum absolute atomic E-state index is 0.156. The molecule has 0 atom stereocenters. The number of primary amides is 1. The largest absolute Gasteiger partial charge is 0.365 e. The van der Waals surface area contributed by atoms with Gasteiger partial charge in [-0.15, -0.1) is 0 Å². The molecular weight excluding hydrogens is 258 g/mol. The second-order valence-corrected chi connectivity index (χ2v) is 4.27. The molecule has 2 aromatic rings. The molecule has 2 aromatic heterocycles. The minimum Gasteiger partial charge on any atom is -0.365 e. The molecule has 0 aliphatic carbocycles. The highest BCUT2D eigenvalue weighted by atomic mass is 16.2. The molecular formula is C13H15N5O2. The average Bonchev–Trinajstić information content (AvgIpc) is 2.79. The molecule has 0 saturated heterocycles. The van der Waals surface area contributed by atoms with Crippen LogP contribution in [-0.4, -0.2) is 26.6 Å². The van der Waals surface area contributed by atoms with Crippen molar-refractivity contribution in [3.8, 4) is 0 Å². The first-order valence-corrected chi connectivity index (χ1v) is 6.10. The molecule has 20 heavy (non-hydrogen) atoms. The number of pyridine rings is 1. The third-order valence-corrected chi connectivity index (χ3v) is 2.86. The Hall–Kier alpha value is -2.70. The van der Waals surface area contributed by atoms with Crippen molar-refractivity contribution in [3.05, 3.63) is 41.3 Å². The van der Waals surface area contributed by atoms with Crippen LogP contribution in [0.15, 0.2) is 24.7 Å². The van der Waals surface area contributed by atoms with E-state index >= 15 is 0 Å². The Morgan fingerprint density at radius 1 is 1.40 bits per heavy atom. The summed E-state index contributed by atoms with van der Waals surface area (Å²) in [6.07, 6.45) is 5.33. The first-order chi connectivity index (χ1) is 9.52. The number of nitrogens with one attached hydrogen (secondary N) is 1. The fraction of sp³-hybridized carbons (Fsp3) is 0.231. The number of hydrogen-bond acceptors (Lipinski definition) is 4. The van der Waals surface area contributed by atoms with Gasteiger partial charge in [-0.25, -0.2) is 0 Å². The first kappa shape index (κ1) is 13.7. The summed E-state index contributed by atoms with van der Waals surface area (Å²) in [5.41, 5.74) is 6.74. The zero-order chi connectivity index (χ0) is 14.7. The van der Waals surface area contributed by atoms with E-state index in [9.17, 15) is 9.59 Å². The maximum atomic E-state index is 12.2. The van der Waals surface area contributed by atoms with Crippen LogP contribution in [0.25, 0.3) is 0 Å². The Labute approximate surface area is 115 Å². The van der Waals surface area contributed by atoms with E-state index in [2.05, 4.69) is 15.4 Å². The molecule has 7 heteroatoms. The molecule has 0 spiro atoms. The van der Waals surface area contributed by atoms with Gasteiger partial charge in [0.15, 0.2) is 5.82 Å². The van der Waals surface area contributed by atoms with Crippen LogP contribution in [0, 0.1) is 0 Å². The highest BCUT2D eigenvalue weighted by Crippen LogP contribution is 2.15. The number of amides is 2. The van der Waals surface area contributed by atoms with Gasteiger partial charge in [-0.1, -0.05) is 6.92 Å². The second-order valence-electron chi connectivity index (χ2n) is 4.27. The summed E-state index contributed by atoms with van der Waals surface area (Å²) in [4.78, 5) is 27.5. The number of aryl methyl sites for hydroxylation is 2. The fourth-order valence-electron chi connectivity index (χ4n) is 1.87. The van der Waals surface area contributed by atoms with E-state index in [4.69, 9.17) is 5.73 Å². The van der Waals surface area contributed by atoms with Gasteiger partial charge in [0.25, 0.3) is 11.8 Å². The number of rotatable bonds is 4. The van der Waals surface area contributed by atoms with Gasteiger partial charge in [0.1, 0.15) is 5.56 Å². The molecule has 0 saturated carbocycles. The van der Waals surface area contributed by atoms with Gasteiger partial charge in [-0.05, 0) is 18.1 Å². The Bertz CT molecular complexity index is 663. The number of nitrogens with two attached hydrogens (primary N) is 1. The van der Waals surface area contributed by atoms with Crippen molar-refractivity contribution >= 4 is 17.6 Å². The Kier molecular flexibility index (Phi) is 3.79. The molecule has 0 bridgehead atoms. The maximum Gasteiger partial charge on any atom is 0.257 e. The zero-order valence-electron chi connectivity index (χ0n) is 11.3. The predicted octanol–water partition coefficient (Wildman–Crippen LogP) is 0.729. The normalized spacial score (nSPS) is 10.3. The third kappa shape index (κ3) is 2.66. The predicted molar refractivity (Wildman–Crippen MR) is 73.3 cm³/mol. The molecule has 0 unspecified atom stereocenters. The van der Waals surface area contributed by atoms with Gasteiger partial charge in [-0.2, -0.15) is 5.10 Å². The smallest absolute Gasteiger partial charge is 0.257 e. The van der Waals surface area contributed by atoms with E-state index in [1.54, 1.807) is 25.5 Å². The Balaban J connectivity index is 2.30. The monoisotopic (exact) mass is 273 g/mol. The lowest BCUT2D eigenvalue weighted by Gasteiger charge is -2.07. The summed E-state index contributed by atoms with van der Waals surface area (Å²) < 4.78 is 1.42. The number of aromatic nitrogens is 3. The van der Waals surface area contributed by atoms with Crippen LogP contribution in [0.3, 0.4) is 0 Å². The third-order valence-electron chi connectivity index (χ3n) is 2.86. The van der Waals surface area contributed by atoms with E-state index in [1.165, 1.54) is 10.9 Å². The standard InChI is InChI=1S/C13H15N5O2/c1-3-8-6-15-5-4-9(8)13(20)16-12-10(11(14)19)7-18(2)17-12/h4-7H,3H2,1-2H3,(H2,14,19)(H,16,17,20). The molecule has 0 aliphatic heterocycles. The van der Waals surface area contributed by atoms with Crippen LogP contribution in [0.5, 0.6) is 0 Å². The SMILES string of the molecule is CCc1cnccc1C(=O)Nc1nn(C)cc1C(N)=O. The van der Waals surface area contributed by atoms with E-state index in [1.807, 2.05) is 6.92 Å². The number of nitrogens with zero attached hydrogens (tertiary/aromatic N) is 3. The quantitative estimate of drug-likeness (QED) is 0.857. The molecule has 104 valence electrons. The molecule has 2 amide bonds. The summed E-state index contributed by atoms with van der Waals surface area (Å²) in [6.45, 7) is 1.93. The van der Waals surface area contributed by atoms with Crippen molar-refractivity contribution in [1.29, 1.82) is 0 Å². The summed E-state index contributed by atoms with van der Waals surface area (Å²) in [6, 6.07) is 1.63. The van der Waals surface area contributed by atoms with Crippen molar-refractivity contribution < 1.29 is 9.59 Å². The van der Waals surface area contributed by atoms with Crippen LogP contribution in [-0.2, 0) is 13.5 Å². The van der Waals surface area contributed by atoms with E-state index in [-0.39, 0.29) is 17.3 Å². The van der Waals surface area contributed by atoms with Gasteiger partial charge < -0.3 is 11.1 Å². The van der Waals surface area contributed by atoms with Gasteiger partial charge in [0.05, 0.1) is 0 Å². The molecule has 0 radical (unpaired) electrons. The Morgan fingerprint density at radius 3 is 2.80 bits per heavy atom. The van der Waals surface area contributed by atoms with Crippen molar-refractivity contribution in [2.24, 2.45) is 12.8 Å². The number of anilines is 1. The maximum absolute atomic E-state index is 12.2. The zero-order valence-corrected chi connectivity index (χ0v) is 11.3. The van der Waals surface area contributed by atoms with Crippen molar-refractivity contribution in [1.82, 2.24) is 14.8 Å². The van der Waals surface area contributed by atoms with Gasteiger partial charge in [0.2, 0.25) is 0 Å². The summed E-state index contributed by atoms with van der Waals surface area (Å²) in [5, 5.41) is 6.63. The van der Waals surface area contributed by atoms with Crippen molar-refractivity contribution in [2.75, 3.05) is 5.32 Å². The molecule has 0 aliphatic rings.